The average Bonchev–Trinajstić information content (AvgIpc) is 2.16. The van der Waals surface area contributed by atoms with Gasteiger partial charge in [-0.2, -0.15) is 0 Å². The summed E-state index contributed by atoms with van der Waals surface area (Å²) in [5.74, 6) is 0. The second-order valence-electron chi connectivity index (χ2n) is 2.28. The van der Waals surface area contributed by atoms with Gasteiger partial charge in [-0.15, -0.1) is 34.0 Å². The molecule has 0 aliphatic heterocycles. The molecule has 0 radical (unpaired) electrons. The summed E-state index contributed by atoms with van der Waals surface area (Å²) in [6.07, 6.45) is 0. The summed E-state index contributed by atoms with van der Waals surface area (Å²) in [5, 5.41) is 16.7. The molecule has 0 amide bonds. The summed E-state index contributed by atoms with van der Waals surface area (Å²) in [4.78, 5) is 0. The van der Waals surface area contributed by atoms with E-state index in [2.05, 4.69) is 0 Å². The fraction of sp³-hybridized carbons (Fsp3) is 1.00. The Morgan fingerprint density at radius 2 is 0.800 bits per heavy atom. The molecule has 0 heterocycles. The van der Waals surface area contributed by atoms with Gasteiger partial charge in [0, 0.05) is 0 Å². The molecule has 7 heteroatoms. The van der Waals surface area contributed by atoms with Crippen molar-refractivity contribution in [3.8, 4) is 0 Å². The molecular weight excluding hydrogens is 336 g/mol. The minimum absolute atomic E-state index is 0. The smallest absolute Gasteiger partial charge is 0.0701 e. The van der Waals surface area contributed by atoms with Crippen LogP contribution >= 0.6 is 34.0 Å². The Bertz CT molecular complexity index is 87.1. The van der Waals surface area contributed by atoms with E-state index in [1.54, 1.807) is 0 Å². The maximum Gasteiger partial charge on any atom is 0.0701 e. The van der Waals surface area contributed by atoms with Crippen molar-refractivity contribution < 1.29 is 24.4 Å². The molecule has 0 atom stereocenters. The van der Waals surface area contributed by atoms with Gasteiger partial charge >= 0.3 is 0 Å². The number of rotatable bonds is 10. The summed E-state index contributed by atoms with van der Waals surface area (Å²) in [5.41, 5.74) is 0. The van der Waals surface area contributed by atoms with Gasteiger partial charge in [-0.25, -0.2) is 0 Å². The first-order valence-corrected chi connectivity index (χ1v) is 4.36. The van der Waals surface area contributed by atoms with E-state index in [1.807, 2.05) is 0 Å². The zero-order valence-corrected chi connectivity index (χ0v) is 12.0. The van der Waals surface area contributed by atoms with E-state index in [0.717, 1.165) is 0 Å². The molecule has 5 nitrogen and oxygen atoms in total. The predicted octanol–water partition coefficient (Wildman–Crippen LogP) is 0.177. The molecule has 15 heavy (non-hydrogen) atoms. The Balaban J connectivity index is -0.000000720. The molecule has 0 aliphatic rings. The lowest BCUT2D eigenvalue weighted by Crippen LogP contribution is -2.11. The Labute approximate surface area is 111 Å². The van der Waals surface area contributed by atoms with Crippen molar-refractivity contribution in [1.82, 2.24) is 0 Å². The van der Waals surface area contributed by atoms with Crippen molar-refractivity contribution in [2.45, 2.75) is 0 Å². The van der Waals surface area contributed by atoms with Gasteiger partial charge in [0.2, 0.25) is 0 Å². The summed E-state index contributed by atoms with van der Waals surface area (Å²) >= 11 is 0. The van der Waals surface area contributed by atoms with Crippen molar-refractivity contribution in [2.75, 3.05) is 52.9 Å². The van der Waals surface area contributed by atoms with Gasteiger partial charge in [0.1, 0.15) is 0 Å². The molecule has 0 aliphatic carbocycles. The van der Waals surface area contributed by atoms with Gasteiger partial charge in [-0.3, -0.25) is 0 Å². The zero-order valence-electron chi connectivity index (χ0n) is 8.59. The largest absolute Gasteiger partial charge is 0.394 e. The van der Waals surface area contributed by atoms with Crippen LogP contribution in [0.4, 0.5) is 0 Å². The molecule has 0 rings (SSSR count). The van der Waals surface area contributed by atoms with E-state index in [-0.39, 0.29) is 47.2 Å². The standard InChI is InChI=1S/C8H18O5.2BrH/c9-1-3-11-5-7-13-8-6-12-4-2-10;;/h9-10H,1-8H2;2*1H. The highest BCUT2D eigenvalue weighted by molar-refractivity contribution is 8.93. The summed E-state index contributed by atoms with van der Waals surface area (Å²) in [7, 11) is 0. The molecule has 0 aromatic carbocycles. The summed E-state index contributed by atoms with van der Waals surface area (Å²) in [6, 6.07) is 0. The van der Waals surface area contributed by atoms with Crippen LogP contribution in [0.15, 0.2) is 0 Å². The molecule has 96 valence electrons. The summed E-state index contributed by atoms with van der Waals surface area (Å²) in [6.45, 7) is 2.76. The van der Waals surface area contributed by atoms with Crippen LogP contribution in [-0.2, 0) is 14.2 Å². The van der Waals surface area contributed by atoms with E-state index in [9.17, 15) is 0 Å². The van der Waals surface area contributed by atoms with Crippen molar-refractivity contribution in [3.63, 3.8) is 0 Å². The number of hydrogen-bond donors (Lipinski definition) is 2. The van der Waals surface area contributed by atoms with Gasteiger partial charge in [-0.1, -0.05) is 0 Å². The number of aliphatic hydroxyl groups excluding tert-OH is 2. The molecule has 0 aromatic rings. The van der Waals surface area contributed by atoms with Crippen LogP contribution in [0.25, 0.3) is 0 Å². The van der Waals surface area contributed by atoms with Gasteiger partial charge in [-0.05, 0) is 0 Å². The lowest BCUT2D eigenvalue weighted by atomic mass is 10.7. The maximum absolute atomic E-state index is 8.36. The maximum atomic E-state index is 8.36. The Hall–Kier alpha value is 0.760. The molecule has 0 unspecified atom stereocenters. The molecular formula is C8H20Br2O5. The van der Waals surface area contributed by atoms with E-state index >= 15 is 0 Å². The highest BCUT2D eigenvalue weighted by atomic mass is 79.9. The van der Waals surface area contributed by atoms with Crippen molar-refractivity contribution in [3.05, 3.63) is 0 Å². The Kier molecular flexibility index (Phi) is 28.4. The average molecular weight is 356 g/mol. The molecule has 0 saturated heterocycles. The van der Waals surface area contributed by atoms with Gasteiger partial charge < -0.3 is 24.4 Å². The van der Waals surface area contributed by atoms with Crippen LogP contribution < -0.4 is 0 Å². The second-order valence-corrected chi connectivity index (χ2v) is 2.28. The minimum Gasteiger partial charge on any atom is -0.394 e. The minimum atomic E-state index is 0. The van der Waals surface area contributed by atoms with Gasteiger partial charge in [0.05, 0.1) is 52.9 Å². The Morgan fingerprint density at radius 1 is 0.533 bits per heavy atom. The van der Waals surface area contributed by atoms with Crippen LogP contribution in [0.1, 0.15) is 0 Å². The fourth-order valence-corrected chi connectivity index (χ4v) is 0.671. The molecule has 0 bridgehead atoms. The normalized spacial score (nSPS) is 9.20. The molecule has 0 aromatic heterocycles. The first-order valence-electron chi connectivity index (χ1n) is 4.36. The van der Waals surface area contributed by atoms with Gasteiger partial charge in [0.15, 0.2) is 0 Å². The van der Waals surface area contributed by atoms with Crippen LogP contribution in [0.3, 0.4) is 0 Å². The van der Waals surface area contributed by atoms with E-state index < -0.39 is 0 Å². The first-order chi connectivity index (χ1) is 6.41. The van der Waals surface area contributed by atoms with Crippen molar-refractivity contribution in [2.24, 2.45) is 0 Å². The second kappa shape index (κ2) is 20.2. The van der Waals surface area contributed by atoms with Gasteiger partial charge in [0.25, 0.3) is 0 Å². The van der Waals surface area contributed by atoms with E-state index in [0.29, 0.717) is 39.6 Å². The SMILES string of the molecule is Br.Br.OCCOCCOCCOCCO. The summed E-state index contributed by atoms with van der Waals surface area (Å²) < 4.78 is 15.0. The highest BCUT2D eigenvalue weighted by Gasteiger charge is 1.89. The first kappa shape index (κ1) is 21.1. The Morgan fingerprint density at radius 3 is 1.07 bits per heavy atom. The lowest BCUT2D eigenvalue weighted by Gasteiger charge is -2.04. The number of halogens is 2. The fourth-order valence-electron chi connectivity index (χ4n) is 0.671. The molecule has 0 spiro atoms. The van der Waals surface area contributed by atoms with E-state index in [4.69, 9.17) is 24.4 Å². The van der Waals surface area contributed by atoms with Crippen molar-refractivity contribution >= 4 is 34.0 Å². The number of ether oxygens (including phenoxy) is 3. The molecule has 2 N–H and O–H groups in total. The number of hydrogen-bond acceptors (Lipinski definition) is 5. The predicted molar refractivity (Wildman–Crippen MR) is 67.3 cm³/mol. The van der Waals surface area contributed by atoms with E-state index in [1.165, 1.54) is 0 Å². The highest BCUT2D eigenvalue weighted by Crippen LogP contribution is 1.80. The topological polar surface area (TPSA) is 68.2 Å². The monoisotopic (exact) mass is 354 g/mol. The zero-order chi connectivity index (χ0) is 9.78. The lowest BCUT2D eigenvalue weighted by molar-refractivity contribution is 0.00230. The molecule has 0 fully saturated rings. The van der Waals surface area contributed by atoms with Crippen LogP contribution in [-0.4, -0.2) is 63.1 Å². The van der Waals surface area contributed by atoms with Crippen LogP contribution in [0.5, 0.6) is 0 Å². The number of aliphatic hydroxyl groups is 2. The van der Waals surface area contributed by atoms with Crippen LogP contribution in [0.2, 0.25) is 0 Å². The third kappa shape index (κ3) is 20.8. The quantitative estimate of drug-likeness (QED) is 0.547. The third-order valence-electron chi connectivity index (χ3n) is 1.22. The van der Waals surface area contributed by atoms with Crippen molar-refractivity contribution in [1.29, 1.82) is 0 Å². The third-order valence-corrected chi connectivity index (χ3v) is 1.22. The van der Waals surface area contributed by atoms with Crippen LogP contribution in [0, 0.1) is 0 Å². The molecule has 0 saturated carbocycles.